The van der Waals surface area contributed by atoms with Gasteiger partial charge in [0.2, 0.25) is 0 Å². The highest BCUT2D eigenvalue weighted by Gasteiger charge is 2.95. The molecule has 5 saturated carbocycles. The van der Waals surface area contributed by atoms with Crippen LogP contribution in [0.2, 0.25) is 5.15 Å². The molecular weight excluding hydrogens is 362 g/mol. The lowest BCUT2D eigenvalue weighted by atomic mass is 9.41. The maximum atomic E-state index is 6.71. The van der Waals surface area contributed by atoms with Crippen molar-refractivity contribution in [1.82, 2.24) is 14.5 Å². The second-order valence-corrected chi connectivity index (χ2v) is 9.91. The Kier molecular flexibility index (Phi) is 2.45. The van der Waals surface area contributed by atoms with Gasteiger partial charge in [0.25, 0.3) is 0 Å². The number of ether oxygens (including phenoxy) is 2. The lowest BCUT2D eigenvalue weighted by Gasteiger charge is -2.64. The molecular formula is C21H22ClN3O2. The molecule has 0 radical (unpaired) electrons. The van der Waals surface area contributed by atoms with Crippen LogP contribution in [0.15, 0.2) is 30.7 Å². The molecule has 1 spiro atoms. The number of halogens is 1. The second-order valence-electron chi connectivity index (χ2n) is 9.55. The van der Waals surface area contributed by atoms with E-state index in [-0.39, 0.29) is 23.2 Å². The van der Waals surface area contributed by atoms with E-state index in [1.807, 2.05) is 19.9 Å². The van der Waals surface area contributed by atoms with Crippen molar-refractivity contribution in [3.05, 3.63) is 35.9 Å². The molecule has 0 aromatic carbocycles. The van der Waals surface area contributed by atoms with E-state index < -0.39 is 5.79 Å². The zero-order valence-electron chi connectivity index (χ0n) is 15.5. The van der Waals surface area contributed by atoms with Gasteiger partial charge in [-0.3, -0.25) is 0 Å². The molecule has 5 aliphatic carbocycles. The number of aromatic nitrogens is 3. The maximum Gasteiger partial charge on any atom is 0.164 e. The monoisotopic (exact) mass is 383 g/mol. The van der Waals surface area contributed by atoms with Crippen LogP contribution in [0.3, 0.4) is 0 Å². The molecule has 6 atom stereocenters. The summed E-state index contributed by atoms with van der Waals surface area (Å²) in [5.74, 6) is 1.13. The predicted molar refractivity (Wildman–Crippen MR) is 100 cm³/mol. The highest BCUT2D eigenvalue weighted by atomic mass is 35.5. The van der Waals surface area contributed by atoms with Gasteiger partial charge in [-0.25, -0.2) is 9.97 Å². The van der Waals surface area contributed by atoms with Crippen LogP contribution in [0.5, 0.6) is 0 Å². The van der Waals surface area contributed by atoms with Gasteiger partial charge in [-0.1, -0.05) is 23.8 Å². The van der Waals surface area contributed by atoms with Crippen molar-refractivity contribution in [1.29, 1.82) is 0 Å². The van der Waals surface area contributed by atoms with Gasteiger partial charge in [0.1, 0.15) is 28.8 Å². The average molecular weight is 384 g/mol. The molecule has 8 rings (SSSR count). The summed E-state index contributed by atoms with van der Waals surface area (Å²) in [6.45, 7) is 8.69. The van der Waals surface area contributed by atoms with Gasteiger partial charge in [-0.2, -0.15) is 0 Å². The van der Waals surface area contributed by atoms with Crippen LogP contribution in [0, 0.1) is 23.2 Å². The molecule has 5 nitrogen and oxygen atoms in total. The molecule has 6 aliphatic rings. The quantitative estimate of drug-likeness (QED) is 0.590. The van der Waals surface area contributed by atoms with E-state index in [4.69, 9.17) is 21.1 Å². The van der Waals surface area contributed by atoms with E-state index in [1.54, 1.807) is 6.33 Å². The Balaban J connectivity index is 1.43. The predicted octanol–water partition coefficient (Wildman–Crippen LogP) is 4.13. The molecule has 27 heavy (non-hydrogen) atoms. The Bertz CT molecular complexity index is 1040. The minimum atomic E-state index is -0.558. The van der Waals surface area contributed by atoms with Crippen molar-refractivity contribution < 1.29 is 9.47 Å². The number of hydrogen-bond acceptors (Lipinski definition) is 4. The molecule has 2 aromatic heterocycles. The number of rotatable bonds is 3. The van der Waals surface area contributed by atoms with Crippen LogP contribution in [0.4, 0.5) is 0 Å². The van der Waals surface area contributed by atoms with Gasteiger partial charge in [0.15, 0.2) is 5.79 Å². The second kappa shape index (κ2) is 4.27. The minimum absolute atomic E-state index is 0.0903. The summed E-state index contributed by atoms with van der Waals surface area (Å²) in [4.78, 5) is 8.70. The van der Waals surface area contributed by atoms with Crippen LogP contribution < -0.4 is 0 Å². The van der Waals surface area contributed by atoms with Gasteiger partial charge < -0.3 is 14.0 Å². The SMILES string of the molecule is C=C(C1CC1)[C@@]12C3C[C@@H]1[C@@H](n1ccc4c(Cl)ncnc41)[C@]31OC(C)(C)O[C@@H]12. The average Bonchev–Trinajstić information content (AvgIpc) is 3.07. The molecule has 1 aliphatic heterocycles. The summed E-state index contributed by atoms with van der Waals surface area (Å²) in [5.41, 5.74) is 2.15. The Hall–Kier alpha value is -1.43. The third kappa shape index (κ3) is 1.43. The largest absolute Gasteiger partial charge is 0.343 e. The van der Waals surface area contributed by atoms with E-state index in [0.29, 0.717) is 22.9 Å². The van der Waals surface area contributed by atoms with E-state index in [2.05, 4.69) is 27.3 Å². The summed E-state index contributed by atoms with van der Waals surface area (Å²) in [6, 6.07) is 2.24. The molecule has 0 amide bonds. The van der Waals surface area contributed by atoms with Crippen molar-refractivity contribution in [2.75, 3.05) is 0 Å². The molecule has 3 heterocycles. The fourth-order valence-electron chi connectivity index (χ4n) is 7.30. The van der Waals surface area contributed by atoms with Crippen molar-refractivity contribution in [2.45, 2.75) is 56.6 Å². The van der Waals surface area contributed by atoms with Crippen LogP contribution in [0.25, 0.3) is 11.0 Å². The van der Waals surface area contributed by atoms with E-state index in [0.717, 1.165) is 11.0 Å². The topological polar surface area (TPSA) is 49.2 Å². The van der Waals surface area contributed by atoms with Crippen molar-refractivity contribution in [3.63, 3.8) is 0 Å². The van der Waals surface area contributed by atoms with Crippen LogP contribution >= 0.6 is 11.6 Å². The Morgan fingerprint density at radius 1 is 1.33 bits per heavy atom. The highest BCUT2D eigenvalue weighted by Crippen LogP contribution is 2.89. The highest BCUT2D eigenvalue weighted by molar-refractivity contribution is 6.33. The molecule has 2 aromatic rings. The van der Waals surface area contributed by atoms with Gasteiger partial charge in [-0.15, -0.1) is 0 Å². The maximum absolute atomic E-state index is 6.71. The van der Waals surface area contributed by atoms with Gasteiger partial charge in [-0.05, 0) is 51.0 Å². The Labute approximate surface area is 162 Å². The summed E-state index contributed by atoms with van der Waals surface area (Å²) < 4.78 is 15.5. The normalized spacial score (nSPS) is 45.4. The van der Waals surface area contributed by atoms with Crippen molar-refractivity contribution >= 4 is 22.6 Å². The molecule has 140 valence electrons. The van der Waals surface area contributed by atoms with Gasteiger partial charge in [0, 0.05) is 17.5 Å². The summed E-state index contributed by atoms with van der Waals surface area (Å²) >= 11 is 6.32. The molecule has 0 N–H and O–H groups in total. The summed E-state index contributed by atoms with van der Waals surface area (Å²) in [6.07, 6.45) is 7.52. The smallest absolute Gasteiger partial charge is 0.164 e. The Morgan fingerprint density at radius 3 is 2.93 bits per heavy atom. The minimum Gasteiger partial charge on any atom is -0.343 e. The third-order valence-corrected chi connectivity index (χ3v) is 8.42. The van der Waals surface area contributed by atoms with Crippen LogP contribution in [-0.2, 0) is 9.47 Å². The van der Waals surface area contributed by atoms with Gasteiger partial charge >= 0.3 is 0 Å². The third-order valence-electron chi connectivity index (χ3n) is 8.12. The van der Waals surface area contributed by atoms with E-state index in [1.165, 1.54) is 24.8 Å². The molecule has 6 heteroatoms. The lowest BCUT2D eigenvalue weighted by molar-refractivity contribution is -0.209. The molecule has 1 saturated heterocycles. The lowest BCUT2D eigenvalue weighted by Crippen LogP contribution is -2.71. The zero-order valence-corrected chi connectivity index (χ0v) is 16.2. The zero-order chi connectivity index (χ0) is 18.3. The fraction of sp³-hybridized carbons (Fsp3) is 0.619. The molecule has 4 bridgehead atoms. The van der Waals surface area contributed by atoms with Crippen molar-refractivity contribution in [2.24, 2.45) is 23.2 Å². The number of hydrogen-bond donors (Lipinski definition) is 0. The first-order valence-electron chi connectivity index (χ1n) is 9.95. The first kappa shape index (κ1) is 15.5. The molecule has 1 unspecified atom stereocenters. The first-order valence-corrected chi connectivity index (χ1v) is 10.3. The fourth-order valence-corrected chi connectivity index (χ4v) is 7.49. The van der Waals surface area contributed by atoms with Crippen LogP contribution in [-0.4, -0.2) is 32.0 Å². The standard InChI is InChI=1S/C21H22ClN3O2/c1-10(11-4-5-11)20-13-8-14(20)21(18(20)26-19(2,3)27-21)15(13)25-7-6-12-16(22)23-9-24-17(12)25/h6-7,9,11,13-15,18H,1,4-5,8H2,2-3H3/t13-,14?,15-,18-,20+,21-/m1/s1. The van der Waals surface area contributed by atoms with Crippen LogP contribution in [0.1, 0.15) is 39.2 Å². The molecule has 6 fully saturated rings. The first-order chi connectivity index (χ1) is 12.9. The number of nitrogens with zero attached hydrogens (tertiary/aromatic N) is 3. The van der Waals surface area contributed by atoms with E-state index in [9.17, 15) is 0 Å². The number of fused-ring (bicyclic) bond motifs is 1. The Morgan fingerprint density at radius 2 is 2.15 bits per heavy atom. The van der Waals surface area contributed by atoms with E-state index >= 15 is 0 Å². The van der Waals surface area contributed by atoms with Gasteiger partial charge in [0.05, 0.1) is 11.4 Å². The summed E-state index contributed by atoms with van der Waals surface area (Å²) in [5, 5.41) is 1.41. The van der Waals surface area contributed by atoms with Crippen molar-refractivity contribution in [3.8, 4) is 0 Å². The summed E-state index contributed by atoms with van der Waals surface area (Å²) in [7, 11) is 0.